The van der Waals surface area contributed by atoms with E-state index in [4.69, 9.17) is 0 Å². The van der Waals surface area contributed by atoms with Crippen LogP contribution in [-0.2, 0) is 0 Å². The normalized spacial score (nSPS) is 32.2. The van der Waals surface area contributed by atoms with Crippen LogP contribution in [0.1, 0.15) is 12.8 Å². The van der Waals surface area contributed by atoms with Crippen molar-refractivity contribution in [2.24, 2.45) is 0 Å². The first kappa shape index (κ1) is 8.88. The van der Waals surface area contributed by atoms with Crippen molar-refractivity contribution in [3.8, 4) is 0 Å². The van der Waals surface area contributed by atoms with Gasteiger partial charge in [-0.25, -0.2) is 0 Å². The molecule has 1 rings (SSSR count). The zero-order valence-corrected chi connectivity index (χ0v) is 7.60. The van der Waals surface area contributed by atoms with Crippen molar-refractivity contribution >= 4 is 11.8 Å². The Bertz CT molecular complexity index is 176. The van der Waals surface area contributed by atoms with E-state index in [9.17, 15) is 5.11 Å². The van der Waals surface area contributed by atoms with Crippen LogP contribution in [0.4, 0.5) is 0 Å². The molecule has 1 nitrogen and oxygen atoms in total. The number of rotatable bonds is 3. The van der Waals surface area contributed by atoms with Gasteiger partial charge in [0.1, 0.15) is 0 Å². The fourth-order valence-corrected chi connectivity index (χ4v) is 2.22. The molecule has 0 aromatic rings. The van der Waals surface area contributed by atoms with Gasteiger partial charge in [-0.05, 0) is 19.1 Å². The summed E-state index contributed by atoms with van der Waals surface area (Å²) in [4.78, 5) is 0. The third-order valence-corrected chi connectivity index (χ3v) is 3.19. The van der Waals surface area contributed by atoms with Crippen molar-refractivity contribution in [2.45, 2.75) is 23.7 Å². The van der Waals surface area contributed by atoms with E-state index in [0.29, 0.717) is 0 Å². The maximum absolute atomic E-state index is 9.97. The lowest BCUT2D eigenvalue weighted by Gasteiger charge is -2.27. The minimum Gasteiger partial charge on any atom is -0.384 e. The van der Waals surface area contributed by atoms with Crippen LogP contribution in [0.25, 0.3) is 0 Å². The van der Waals surface area contributed by atoms with Crippen LogP contribution in [0.3, 0.4) is 0 Å². The Hall–Kier alpha value is -0.210. The van der Waals surface area contributed by atoms with Crippen molar-refractivity contribution in [3.05, 3.63) is 24.8 Å². The summed E-state index contributed by atoms with van der Waals surface area (Å²) in [6.07, 6.45) is 9.57. The van der Waals surface area contributed by atoms with Crippen LogP contribution < -0.4 is 0 Å². The smallest absolute Gasteiger partial charge is 0.0983 e. The topological polar surface area (TPSA) is 20.2 Å². The van der Waals surface area contributed by atoms with Gasteiger partial charge < -0.3 is 5.11 Å². The summed E-state index contributed by atoms with van der Waals surface area (Å²) in [7, 11) is 0. The van der Waals surface area contributed by atoms with Gasteiger partial charge in [0, 0.05) is 0 Å². The highest BCUT2D eigenvalue weighted by Gasteiger charge is 2.33. The van der Waals surface area contributed by atoms with Gasteiger partial charge in [-0.15, -0.1) is 6.58 Å². The molecule has 0 bridgehead atoms. The van der Waals surface area contributed by atoms with Crippen LogP contribution in [0.15, 0.2) is 24.8 Å². The molecule has 0 saturated heterocycles. The molecule has 11 heavy (non-hydrogen) atoms. The Labute approximate surface area is 72.2 Å². The molecule has 0 fully saturated rings. The number of thioether (sulfide) groups is 1. The van der Waals surface area contributed by atoms with Gasteiger partial charge in [0.15, 0.2) is 0 Å². The standard InChI is InChI=1S/C9H14OS/c1-3-8(11-2)9(10)6-4-5-7-9/h3-4,6,8,10H,1,5,7H2,2H3. The van der Waals surface area contributed by atoms with Gasteiger partial charge >= 0.3 is 0 Å². The fraction of sp³-hybridized carbons (Fsp3) is 0.556. The lowest BCUT2D eigenvalue weighted by Crippen LogP contribution is -2.34. The average Bonchev–Trinajstić information content (AvgIpc) is 2.39. The van der Waals surface area contributed by atoms with Crippen molar-refractivity contribution in [1.29, 1.82) is 0 Å². The first-order chi connectivity index (χ1) is 5.23. The van der Waals surface area contributed by atoms with E-state index < -0.39 is 5.60 Å². The molecule has 1 aliphatic rings. The Morgan fingerprint density at radius 1 is 1.82 bits per heavy atom. The van der Waals surface area contributed by atoms with E-state index in [1.807, 2.05) is 24.5 Å². The van der Waals surface area contributed by atoms with Crippen molar-refractivity contribution in [1.82, 2.24) is 0 Å². The molecule has 62 valence electrons. The van der Waals surface area contributed by atoms with Crippen LogP contribution in [0, 0.1) is 0 Å². The predicted molar refractivity (Wildman–Crippen MR) is 50.8 cm³/mol. The van der Waals surface area contributed by atoms with Crippen molar-refractivity contribution < 1.29 is 5.11 Å². The highest BCUT2D eigenvalue weighted by Crippen LogP contribution is 2.32. The molecule has 0 aliphatic heterocycles. The largest absolute Gasteiger partial charge is 0.384 e. The number of hydrogen-bond acceptors (Lipinski definition) is 2. The van der Waals surface area contributed by atoms with E-state index >= 15 is 0 Å². The minimum atomic E-state index is -0.624. The zero-order chi connectivity index (χ0) is 8.32. The number of allylic oxidation sites excluding steroid dienone is 1. The maximum atomic E-state index is 9.97. The van der Waals surface area contributed by atoms with Gasteiger partial charge in [-0.1, -0.05) is 18.2 Å². The maximum Gasteiger partial charge on any atom is 0.0983 e. The van der Waals surface area contributed by atoms with E-state index in [0.717, 1.165) is 12.8 Å². The van der Waals surface area contributed by atoms with Crippen LogP contribution in [0.2, 0.25) is 0 Å². The molecule has 0 aromatic carbocycles. The van der Waals surface area contributed by atoms with Crippen molar-refractivity contribution in [2.75, 3.05) is 6.26 Å². The molecule has 0 spiro atoms. The molecule has 0 aromatic heterocycles. The Morgan fingerprint density at radius 3 is 2.91 bits per heavy atom. The summed E-state index contributed by atoms with van der Waals surface area (Å²) >= 11 is 1.65. The third-order valence-electron chi connectivity index (χ3n) is 2.08. The Balaban J connectivity index is 2.68. The zero-order valence-electron chi connectivity index (χ0n) is 6.79. The summed E-state index contributed by atoms with van der Waals surface area (Å²) in [5.41, 5.74) is -0.624. The first-order valence-corrected chi connectivity index (χ1v) is 5.07. The molecule has 1 N–H and O–H groups in total. The molecule has 2 atom stereocenters. The molecular weight excluding hydrogens is 156 g/mol. The SMILES string of the molecule is C=CC(SC)C1(O)C=CCC1. The Morgan fingerprint density at radius 2 is 2.55 bits per heavy atom. The second-order valence-corrected chi connectivity index (χ2v) is 3.80. The second-order valence-electron chi connectivity index (χ2n) is 2.82. The van der Waals surface area contributed by atoms with Gasteiger partial charge in [0.25, 0.3) is 0 Å². The van der Waals surface area contributed by atoms with Gasteiger partial charge in [-0.3, -0.25) is 0 Å². The third kappa shape index (κ3) is 1.68. The quantitative estimate of drug-likeness (QED) is 0.654. The summed E-state index contributed by atoms with van der Waals surface area (Å²) in [6, 6.07) is 0. The monoisotopic (exact) mass is 170 g/mol. The number of hydrogen-bond donors (Lipinski definition) is 1. The summed E-state index contributed by atoms with van der Waals surface area (Å²) in [5.74, 6) is 0. The molecule has 0 heterocycles. The summed E-state index contributed by atoms with van der Waals surface area (Å²) in [6.45, 7) is 3.71. The molecule has 2 heteroatoms. The number of aliphatic hydroxyl groups is 1. The van der Waals surface area contributed by atoms with E-state index in [-0.39, 0.29) is 5.25 Å². The van der Waals surface area contributed by atoms with Gasteiger partial charge in [0.05, 0.1) is 10.9 Å². The van der Waals surface area contributed by atoms with Crippen LogP contribution in [0.5, 0.6) is 0 Å². The van der Waals surface area contributed by atoms with E-state index in [2.05, 4.69) is 6.58 Å². The van der Waals surface area contributed by atoms with Crippen LogP contribution in [-0.4, -0.2) is 22.2 Å². The molecule has 0 radical (unpaired) electrons. The van der Waals surface area contributed by atoms with E-state index in [1.165, 1.54) is 0 Å². The highest BCUT2D eigenvalue weighted by molar-refractivity contribution is 7.99. The summed E-state index contributed by atoms with van der Waals surface area (Å²) in [5, 5.41) is 10.1. The summed E-state index contributed by atoms with van der Waals surface area (Å²) < 4.78 is 0. The molecule has 1 aliphatic carbocycles. The lowest BCUT2D eigenvalue weighted by atomic mass is 9.99. The minimum absolute atomic E-state index is 0.140. The molecular formula is C9H14OS. The average molecular weight is 170 g/mol. The van der Waals surface area contributed by atoms with Gasteiger partial charge in [-0.2, -0.15) is 11.8 Å². The van der Waals surface area contributed by atoms with Crippen molar-refractivity contribution in [3.63, 3.8) is 0 Å². The second kappa shape index (κ2) is 3.46. The highest BCUT2D eigenvalue weighted by atomic mass is 32.2. The predicted octanol–water partition coefficient (Wildman–Crippen LogP) is 1.99. The fourth-order valence-electron chi connectivity index (χ4n) is 1.43. The van der Waals surface area contributed by atoms with Gasteiger partial charge in [0.2, 0.25) is 0 Å². The Kier molecular flexibility index (Phi) is 2.79. The molecule has 2 unspecified atom stereocenters. The molecule has 0 saturated carbocycles. The van der Waals surface area contributed by atoms with Crippen LogP contribution >= 0.6 is 11.8 Å². The lowest BCUT2D eigenvalue weighted by molar-refractivity contribution is 0.0997. The molecule has 0 amide bonds. The first-order valence-electron chi connectivity index (χ1n) is 3.78. The van der Waals surface area contributed by atoms with E-state index in [1.54, 1.807) is 11.8 Å².